The molecule has 1 atom stereocenters. The van der Waals surface area contributed by atoms with E-state index in [1.165, 1.54) is 39.8 Å². The highest BCUT2D eigenvalue weighted by atomic mass is 79.9. The van der Waals surface area contributed by atoms with Gasteiger partial charge in [0.2, 0.25) is 5.95 Å². The third-order valence-electron chi connectivity index (χ3n) is 7.02. The number of halogens is 4. The molecule has 0 radical (unpaired) electrons. The van der Waals surface area contributed by atoms with Crippen LogP contribution >= 0.6 is 15.9 Å². The van der Waals surface area contributed by atoms with Crippen molar-refractivity contribution >= 4 is 33.5 Å². The van der Waals surface area contributed by atoms with E-state index >= 15 is 0 Å². The lowest BCUT2D eigenvalue weighted by Gasteiger charge is -2.36. The number of aryl methyl sites for hydroxylation is 1. The van der Waals surface area contributed by atoms with Gasteiger partial charge in [0.25, 0.3) is 0 Å². The van der Waals surface area contributed by atoms with Crippen LogP contribution in [0.25, 0.3) is 11.1 Å². The number of anilines is 2. The van der Waals surface area contributed by atoms with E-state index in [2.05, 4.69) is 56.5 Å². The number of ether oxygens (including phenoxy) is 1. The number of carbonyl (C=O) groups is 1. The minimum absolute atomic E-state index is 0.00336. The lowest BCUT2D eigenvalue weighted by molar-refractivity contribution is -0.138. The molecule has 0 spiro atoms. The van der Waals surface area contributed by atoms with Crippen molar-refractivity contribution in [2.75, 3.05) is 17.3 Å². The van der Waals surface area contributed by atoms with Crippen LogP contribution in [0.2, 0.25) is 0 Å². The Kier molecular flexibility index (Phi) is 7.79. The molecule has 6 rings (SSSR count). The number of nitriles is 1. The molecule has 3 aliphatic rings. The van der Waals surface area contributed by atoms with Crippen molar-refractivity contribution in [3.05, 3.63) is 111 Å². The number of allylic oxidation sites excluding steroid dienone is 1. The van der Waals surface area contributed by atoms with Crippen LogP contribution in [0.1, 0.15) is 35.2 Å². The summed E-state index contributed by atoms with van der Waals surface area (Å²) in [6.07, 6.45) is -4.12. The van der Waals surface area contributed by atoms with Gasteiger partial charge in [0.05, 0.1) is 29.9 Å². The molecule has 2 aliphatic carbocycles. The molecule has 2 aromatic carbocycles. The Morgan fingerprint density at radius 1 is 1.12 bits per heavy atom. The molecule has 3 aromatic rings. The fourth-order valence-electron chi connectivity index (χ4n) is 5.01. The van der Waals surface area contributed by atoms with Crippen LogP contribution in [0.3, 0.4) is 0 Å². The predicted octanol–water partition coefficient (Wildman–Crippen LogP) is 6.25. The van der Waals surface area contributed by atoms with Gasteiger partial charge in [-0.25, -0.2) is 19.3 Å². The average molecular weight is 638 g/mol. The second kappa shape index (κ2) is 11.3. The van der Waals surface area contributed by atoms with Crippen molar-refractivity contribution in [3.8, 4) is 17.2 Å². The zero-order chi connectivity index (χ0) is 30.2. The molecular weight excluding hydrogens is 615 g/mol. The van der Waals surface area contributed by atoms with E-state index in [1.54, 1.807) is 25.1 Å². The fourth-order valence-corrected chi connectivity index (χ4v) is 5.44. The topological polar surface area (TPSA) is 104 Å². The Balaban J connectivity index is 0.000000513. The third-order valence-corrected chi connectivity index (χ3v) is 7.42. The number of esters is 1. The average Bonchev–Trinajstić information content (AvgIpc) is 3.38. The molecule has 2 heterocycles. The summed E-state index contributed by atoms with van der Waals surface area (Å²) in [5, 5.41) is 16.3. The number of nitrogens with one attached hydrogen (secondary N) is 1. The van der Waals surface area contributed by atoms with Crippen molar-refractivity contribution in [1.29, 1.82) is 5.26 Å². The van der Waals surface area contributed by atoms with Crippen LogP contribution in [0.4, 0.5) is 24.8 Å². The highest BCUT2D eigenvalue weighted by molar-refractivity contribution is 9.09. The number of benzene rings is 3. The molecule has 0 bridgehead atoms. The van der Waals surface area contributed by atoms with E-state index in [0.29, 0.717) is 28.4 Å². The van der Waals surface area contributed by atoms with Gasteiger partial charge in [-0.2, -0.15) is 18.4 Å². The van der Waals surface area contributed by atoms with Crippen LogP contribution in [0.5, 0.6) is 0 Å². The Hall–Kier alpha value is -4.63. The van der Waals surface area contributed by atoms with Crippen molar-refractivity contribution in [3.63, 3.8) is 0 Å². The summed E-state index contributed by atoms with van der Waals surface area (Å²) in [5.41, 5.74) is 3.29. The SMILES string of the molecule is COC(=O)C1=C(C)N(c2cccc(C(F)(F)F)c2)c2n[nH]c(=O)n2C1c1ccc(C#N)cc1CCBr.c1cc2cc-2c1. The predicted molar refractivity (Wildman–Crippen MR) is 153 cm³/mol. The fraction of sp³-hybridized carbons (Fsp3) is 0.200. The molecule has 12 heteroatoms. The number of aromatic nitrogens is 3. The largest absolute Gasteiger partial charge is 0.466 e. The molecule has 1 aliphatic heterocycles. The van der Waals surface area contributed by atoms with Gasteiger partial charge >= 0.3 is 17.8 Å². The molecule has 1 unspecified atom stereocenters. The highest BCUT2D eigenvalue weighted by Gasteiger charge is 2.41. The first-order valence-electron chi connectivity index (χ1n) is 12.7. The zero-order valence-corrected chi connectivity index (χ0v) is 24.0. The highest BCUT2D eigenvalue weighted by Crippen LogP contribution is 2.43. The first-order valence-corrected chi connectivity index (χ1v) is 13.8. The molecule has 1 aromatic heterocycles. The van der Waals surface area contributed by atoms with E-state index in [9.17, 15) is 28.0 Å². The summed E-state index contributed by atoms with van der Waals surface area (Å²) in [7, 11) is 1.18. The zero-order valence-electron chi connectivity index (χ0n) is 22.4. The maximum atomic E-state index is 13.4. The number of H-pyrrole nitrogens is 1. The third kappa shape index (κ3) is 5.35. The maximum Gasteiger partial charge on any atom is 0.416 e. The van der Waals surface area contributed by atoms with Crippen molar-refractivity contribution in [2.45, 2.75) is 25.6 Å². The summed E-state index contributed by atoms with van der Waals surface area (Å²) >= 11 is 3.39. The van der Waals surface area contributed by atoms with Crippen LogP contribution in [0, 0.1) is 11.3 Å². The van der Waals surface area contributed by atoms with Gasteiger partial charge < -0.3 is 4.74 Å². The number of fused-ring (bicyclic) bond motifs is 2. The monoisotopic (exact) mass is 637 g/mol. The summed E-state index contributed by atoms with van der Waals surface area (Å²) < 4.78 is 46.6. The molecular formula is C30H23BrF3N5O3. The molecule has 1 N–H and O–H groups in total. The van der Waals surface area contributed by atoms with E-state index in [0.717, 1.165) is 12.1 Å². The Bertz CT molecular complexity index is 1800. The van der Waals surface area contributed by atoms with E-state index in [1.807, 2.05) is 0 Å². The van der Waals surface area contributed by atoms with Gasteiger partial charge in [0.15, 0.2) is 0 Å². The molecule has 42 heavy (non-hydrogen) atoms. The van der Waals surface area contributed by atoms with Crippen LogP contribution < -0.4 is 10.6 Å². The quantitative estimate of drug-likeness (QED) is 0.180. The van der Waals surface area contributed by atoms with Gasteiger partial charge in [-0.3, -0.25) is 4.90 Å². The van der Waals surface area contributed by atoms with Gasteiger partial charge in [-0.05, 0) is 72.0 Å². The number of aromatic amines is 1. The van der Waals surface area contributed by atoms with E-state index < -0.39 is 29.4 Å². The number of hydrogen-bond donors (Lipinski definition) is 1. The van der Waals surface area contributed by atoms with Crippen molar-refractivity contribution in [2.24, 2.45) is 0 Å². The second-order valence-corrected chi connectivity index (χ2v) is 10.3. The van der Waals surface area contributed by atoms with Gasteiger partial charge in [-0.1, -0.05) is 46.3 Å². The molecule has 0 saturated carbocycles. The number of alkyl halides is 4. The van der Waals surface area contributed by atoms with E-state index in [-0.39, 0.29) is 22.9 Å². The Labute approximate surface area is 246 Å². The standard InChI is InChI=1S/C24H19BrF3N5O3.C6H4/c1-13-19(21(34)36-2)20(18-7-6-14(12-29)10-15(18)8-9-25)33-22(30-31-23(33)35)32(13)17-5-3-4-16(11-17)24(26,27)28;1-2-5-4-6(5)3-1/h3-7,10-11,20H,8-9H2,1-2H3,(H,31,35);1-4H. The van der Waals surface area contributed by atoms with E-state index in [4.69, 9.17) is 4.74 Å². The van der Waals surface area contributed by atoms with Crippen LogP contribution in [-0.2, 0) is 22.1 Å². The van der Waals surface area contributed by atoms with Crippen molar-refractivity contribution in [1.82, 2.24) is 14.8 Å². The molecule has 0 saturated heterocycles. The van der Waals surface area contributed by atoms with Crippen LogP contribution in [-0.4, -0.2) is 33.2 Å². The number of nitrogens with zero attached hydrogens (tertiary/aromatic N) is 4. The van der Waals surface area contributed by atoms with Gasteiger partial charge in [0, 0.05) is 16.7 Å². The number of rotatable bonds is 5. The Morgan fingerprint density at radius 3 is 2.40 bits per heavy atom. The first-order chi connectivity index (χ1) is 20.1. The smallest absolute Gasteiger partial charge is 0.416 e. The molecule has 8 nitrogen and oxygen atoms in total. The minimum atomic E-state index is -4.60. The summed E-state index contributed by atoms with van der Waals surface area (Å²) in [6.45, 7) is 1.55. The van der Waals surface area contributed by atoms with Crippen LogP contribution in [0.15, 0.2) is 82.8 Å². The summed E-state index contributed by atoms with van der Waals surface area (Å²) in [6, 6.07) is 19.0. The first kappa shape index (κ1) is 28.9. The number of carbonyl (C=O) groups excluding carboxylic acids is 1. The minimum Gasteiger partial charge on any atom is -0.466 e. The summed E-state index contributed by atoms with van der Waals surface area (Å²) in [5.74, 6) is -0.758. The lowest BCUT2D eigenvalue weighted by Crippen LogP contribution is -2.38. The maximum absolute atomic E-state index is 13.4. The lowest BCUT2D eigenvalue weighted by atomic mass is 9.89. The van der Waals surface area contributed by atoms with Crippen molar-refractivity contribution < 1.29 is 22.7 Å². The Morgan fingerprint density at radius 2 is 1.83 bits per heavy atom. The van der Waals surface area contributed by atoms with Gasteiger partial charge in [0.1, 0.15) is 6.04 Å². The molecule has 0 amide bonds. The summed E-state index contributed by atoms with van der Waals surface area (Å²) in [4.78, 5) is 27.4. The molecule has 214 valence electrons. The number of hydrogen-bond acceptors (Lipinski definition) is 6. The number of methoxy groups -OCH3 is 1. The second-order valence-electron chi connectivity index (χ2n) is 9.52. The molecule has 0 fully saturated rings. The normalized spacial score (nSPS) is 14.9. The van der Waals surface area contributed by atoms with Gasteiger partial charge in [-0.15, -0.1) is 5.10 Å².